The van der Waals surface area contributed by atoms with Crippen LogP contribution in [0.5, 0.6) is 0 Å². The summed E-state index contributed by atoms with van der Waals surface area (Å²) in [5.41, 5.74) is 2.57. The molecule has 1 N–H and O–H groups in total. The molecule has 3 heterocycles. The lowest BCUT2D eigenvalue weighted by atomic mass is 10.0. The van der Waals surface area contributed by atoms with Crippen LogP contribution in [-0.2, 0) is 0 Å². The number of carbonyl (C=O) groups excluding carboxylic acids is 3. The summed E-state index contributed by atoms with van der Waals surface area (Å²) < 4.78 is 0. The van der Waals surface area contributed by atoms with E-state index >= 15 is 0 Å². The van der Waals surface area contributed by atoms with Gasteiger partial charge in [0.05, 0.1) is 16.8 Å². The first-order chi connectivity index (χ1) is 13.6. The van der Waals surface area contributed by atoms with Gasteiger partial charge in [-0.3, -0.25) is 14.4 Å². The fourth-order valence-corrected chi connectivity index (χ4v) is 4.67. The van der Waals surface area contributed by atoms with Crippen LogP contribution in [0.15, 0.2) is 42.5 Å². The highest BCUT2D eigenvalue weighted by molar-refractivity contribution is 6.35. The van der Waals surface area contributed by atoms with Crippen molar-refractivity contribution in [2.75, 3.05) is 24.5 Å². The van der Waals surface area contributed by atoms with Gasteiger partial charge in [-0.05, 0) is 49.1 Å². The number of benzene rings is 2. The van der Waals surface area contributed by atoms with E-state index in [1.165, 1.54) is 4.90 Å². The minimum absolute atomic E-state index is 0. The molecular weight excluding hydrogens is 390 g/mol. The highest BCUT2D eigenvalue weighted by Crippen LogP contribution is 2.33. The van der Waals surface area contributed by atoms with E-state index in [1.54, 1.807) is 30.3 Å². The van der Waals surface area contributed by atoms with Crippen molar-refractivity contribution in [2.45, 2.75) is 19.4 Å². The molecular formula is C22H22ClN3O3. The number of hydrogen-bond acceptors (Lipinski definition) is 4. The van der Waals surface area contributed by atoms with Gasteiger partial charge in [0.15, 0.2) is 0 Å². The van der Waals surface area contributed by atoms with Crippen molar-refractivity contribution in [2.24, 2.45) is 5.92 Å². The van der Waals surface area contributed by atoms with Gasteiger partial charge in [0, 0.05) is 31.2 Å². The number of para-hydroxylation sites is 1. The first-order valence-corrected chi connectivity index (χ1v) is 9.66. The monoisotopic (exact) mass is 411 g/mol. The van der Waals surface area contributed by atoms with Crippen LogP contribution >= 0.6 is 12.4 Å². The average molecular weight is 412 g/mol. The number of rotatable bonds is 2. The van der Waals surface area contributed by atoms with E-state index < -0.39 is 0 Å². The molecule has 2 saturated heterocycles. The highest BCUT2D eigenvalue weighted by atomic mass is 35.5. The van der Waals surface area contributed by atoms with E-state index in [0.717, 1.165) is 31.6 Å². The highest BCUT2D eigenvalue weighted by Gasteiger charge is 2.41. The Morgan fingerprint density at radius 2 is 1.79 bits per heavy atom. The molecule has 0 unspecified atom stereocenters. The summed E-state index contributed by atoms with van der Waals surface area (Å²) in [5.74, 6) is -0.257. The summed E-state index contributed by atoms with van der Waals surface area (Å²) in [4.78, 5) is 42.0. The molecule has 2 fully saturated rings. The molecule has 3 aliphatic heterocycles. The predicted octanol–water partition coefficient (Wildman–Crippen LogP) is 2.65. The zero-order chi connectivity index (χ0) is 19.4. The molecule has 5 rings (SSSR count). The smallest absolute Gasteiger partial charge is 0.266 e. The van der Waals surface area contributed by atoms with E-state index in [-0.39, 0.29) is 36.2 Å². The average Bonchev–Trinajstić information content (AvgIpc) is 3.37. The van der Waals surface area contributed by atoms with Gasteiger partial charge in [0.2, 0.25) is 0 Å². The Balaban J connectivity index is 0.00000205. The summed E-state index contributed by atoms with van der Waals surface area (Å²) >= 11 is 0. The number of anilines is 1. The van der Waals surface area contributed by atoms with Gasteiger partial charge in [-0.25, -0.2) is 4.90 Å². The van der Waals surface area contributed by atoms with Crippen LogP contribution in [0.25, 0.3) is 0 Å². The zero-order valence-corrected chi connectivity index (χ0v) is 16.9. The molecule has 2 aromatic rings. The molecule has 0 radical (unpaired) electrons. The molecule has 3 amide bonds. The lowest BCUT2D eigenvalue weighted by Gasteiger charge is -2.23. The van der Waals surface area contributed by atoms with Crippen LogP contribution in [0, 0.1) is 12.8 Å². The van der Waals surface area contributed by atoms with Gasteiger partial charge >= 0.3 is 0 Å². The normalized spacial score (nSPS) is 22.5. The Labute approximate surface area is 175 Å². The van der Waals surface area contributed by atoms with Crippen molar-refractivity contribution < 1.29 is 14.4 Å². The molecule has 2 atom stereocenters. The zero-order valence-electron chi connectivity index (χ0n) is 16.1. The molecule has 0 aliphatic carbocycles. The standard InChI is InChI=1S/C22H21N3O3.ClH/c1-13-4-2-3-5-18(13)25-21(27)16-7-6-14(10-17(16)22(25)28)20(26)24-9-8-15-11-23-12-19(15)24;/h2-7,10,15,19,23H,8-9,11-12H2,1H3;1H/t15-,19+;/m1./s1. The second-order valence-corrected chi connectivity index (χ2v) is 7.77. The van der Waals surface area contributed by atoms with E-state index in [9.17, 15) is 14.4 Å². The molecule has 150 valence electrons. The molecule has 0 aromatic heterocycles. The number of aryl methyl sites for hydroxylation is 1. The largest absolute Gasteiger partial charge is 0.334 e. The predicted molar refractivity (Wildman–Crippen MR) is 112 cm³/mol. The molecule has 0 saturated carbocycles. The summed E-state index contributed by atoms with van der Waals surface area (Å²) in [7, 11) is 0. The maximum Gasteiger partial charge on any atom is 0.266 e. The number of imide groups is 1. The number of halogens is 1. The van der Waals surface area contributed by atoms with Crippen molar-refractivity contribution in [1.29, 1.82) is 0 Å². The van der Waals surface area contributed by atoms with Crippen molar-refractivity contribution >= 4 is 35.8 Å². The minimum Gasteiger partial charge on any atom is -0.334 e. The van der Waals surface area contributed by atoms with Gasteiger partial charge in [-0.2, -0.15) is 0 Å². The van der Waals surface area contributed by atoms with Crippen molar-refractivity contribution in [1.82, 2.24) is 10.2 Å². The van der Waals surface area contributed by atoms with Crippen LogP contribution in [-0.4, -0.2) is 48.3 Å². The van der Waals surface area contributed by atoms with Crippen molar-refractivity contribution in [3.8, 4) is 0 Å². The van der Waals surface area contributed by atoms with Gasteiger partial charge < -0.3 is 10.2 Å². The summed E-state index contributed by atoms with van der Waals surface area (Å²) in [5, 5.41) is 3.35. The van der Waals surface area contributed by atoms with E-state index in [4.69, 9.17) is 0 Å². The number of hydrogen-bond donors (Lipinski definition) is 1. The minimum atomic E-state index is -0.370. The number of fused-ring (bicyclic) bond motifs is 2. The molecule has 6 nitrogen and oxygen atoms in total. The van der Waals surface area contributed by atoms with Crippen LogP contribution in [0.3, 0.4) is 0 Å². The van der Waals surface area contributed by atoms with Gasteiger partial charge in [-0.15, -0.1) is 12.4 Å². The third kappa shape index (κ3) is 2.94. The number of carbonyl (C=O) groups is 3. The first kappa shape index (κ1) is 19.6. The van der Waals surface area contributed by atoms with E-state index in [2.05, 4.69) is 5.32 Å². The van der Waals surface area contributed by atoms with Crippen LogP contribution < -0.4 is 10.2 Å². The fourth-order valence-electron chi connectivity index (χ4n) is 4.67. The third-order valence-electron chi connectivity index (χ3n) is 6.20. The first-order valence-electron chi connectivity index (χ1n) is 9.66. The van der Waals surface area contributed by atoms with Crippen molar-refractivity contribution in [3.05, 3.63) is 64.7 Å². The second kappa shape index (κ2) is 7.28. The Bertz CT molecular complexity index is 1020. The van der Waals surface area contributed by atoms with Gasteiger partial charge in [0.25, 0.3) is 17.7 Å². The van der Waals surface area contributed by atoms with E-state index in [1.807, 2.05) is 24.0 Å². The topological polar surface area (TPSA) is 69.7 Å². The summed E-state index contributed by atoms with van der Waals surface area (Å²) in [6, 6.07) is 12.4. The van der Waals surface area contributed by atoms with Crippen LogP contribution in [0.4, 0.5) is 5.69 Å². The molecule has 0 spiro atoms. The Morgan fingerprint density at radius 3 is 2.59 bits per heavy atom. The SMILES string of the molecule is Cc1ccccc1N1C(=O)c2ccc(C(=O)N3CC[C@@H]4CNC[C@@H]43)cc2C1=O.Cl. The van der Waals surface area contributed by atoms with Gasteiger partial charge in [-0.1, -0.05) is 18.2 Å². The van der Waals surface area contributed by atoms with Crippen molar-refractivity contribution in [3.63, 3.8) is 0 Å². The van der Waals surface area contributed by atoms with Crippen LogP contribution in [0.2, 0.25) is 0 Å². The fraction of sp³-hybridized carbons (Fsp3) is 0.318. The molecule has 7 heteroatoms. The second-order valence-electron chi connectivity index (χ2n) is 7.77. The maximum atomic E-state index is 13.1. The van der Waals surface area contributed by atoms with E-state index in [0.29, 0.717) is 28.3 Å². The van der Waals surface area contributed by atoms with Crippen LogP contribution in [0.1, 0.15) is 43.1 Å². The molecule has 2 aromatic carbocycles. The third-order valence-corrected chi connectivity index (χ3v) is 6.20. The maximum absolute atomic E-state index is 13.1. The number of nitrogens with zero attached hydrogens (tertiary/aromatic N) is 2. The molecule has 3 aliphatic rings. The lowest BCUT2D eigenvalue weighted by molar-refractivity contribution is 0.0736. The lowest BCUT2D eigenvalue weighted by Crippen LogP contribution is -2.39. The Kier molecular flexibility index (Phi) is 4.92. The number of nitrogens with one attached hydrogen (secondary N) is 1. The van der Waals surface area contributed by atoms with Gasteiger partial charge in [0.1, 0.15) is 0 Å². The quantitative estimate of drug-likeness (QED) is 0.771. The number of likely N-dealkylation sites (tertiary alicyclic amines) is 1. The Morgan fingerprint density at radius 1 is 1.03 bits per heavy atom. The molecule has 0 bridgehead atoms. The number of amides is 3. The summed E-state index contributed by atoms with van der Waals surface area (Å²) in [6.45, 7) is 4.39. The summed E-state index contributed by atoms with van der Waals surface area (Å²) in [6.07, 6.45) is 1.01. The molecule has 29 heavy (non-hydrogen) atoms. The Hall–Kier alpha value is -2.70.